The van der Waals surface area contributed by atoms with Gasteiger partial charge in [-0.2, -0.15) is 0 Å². The van der Waals surface area contributed by atoms with Crippen molar-refractivity contribution in [3.05, 3.63) is 11.6 Å². The fourth-order valence-electron chi connectivity index (χ4n) is 2.28. The van der Waals surface area contributed by atoms with Crippen LogP contribution in [0, 0.1) is 0 Å². The average molecular weight is 282 g/mol. The van der Waals surface area contributed by atoms with Crippen LogP contribution < -0.4 is 0 Å². The van der Waals surface area contributed by atoms with Crippen molar-refractivity contribution in [1.29, 1.82) is 0 Å². The third kappa shape index (κ3) is 6.53. The van der Waals surface area contributed by atoms with Crippen LogP contribution in [0.5, 0.6) is 0 Å². The lowest BCUT2D eigenvalue weighted by Gasteiger charge is -2.31. The lowest BCUT2D eigenvalue weighted by Crippen LogP contribution is -2.40. The van der Waals surface area contributed by atoms with E-state index in [0.717, 1.165) is 57.5 Å². The van der Waals surface area contributed by atoms with E-state index in [9.17, 15) is 4.79 Å². The Balaban J connectivity index is 2.21. The minimum absolute atomic E-state index is 0.162. The molecule has 1 fully saturated rings. The van der Waals surface area contributed by atoms with E-state index in [1.807, 2.05) is 11.8 Å². The summed E-state index contributed by atoms with van der Waals surface area (Å²) >= 11 is 0. The summed E-state index contributed by atoms with van der Waals surface area (Å²) in [5.41, 5.74) is 1.15. The lowest BCUT2D eigenvalue weighted by molar-refractivity contribution is -0.128. The predicted octanol–water partition coefficient (Wildman–Crippen LogP) is 2.30. The molecule has 0 aromatic carbocycles. The van der Waals surface area contributed by atoms with Crippen molar-refractivity contribution in [1.82, 2.24) is 9.80 Å². The minimum atomic E-state index is 0.162. The number of piperidine rings is 1. The predicted molar refractivity (Wildman–Crippen MR) is 82.8 cm³/mol. The summed E-state index contributed by atoms with van der Waals surface area (Å²) in [6, 6.07) is 0. The summed E-state index contributed by atoms with van der Waals surface area (Å²) < 4.78 is 5.88. The van der Waals surface area contributed by atoms with E-state index in [0.29, 0.717) is 6.10 Å². The van der Waals surface area contributed by atoms with Gasteiger partial charge in [0.25, 0.3) is 0 Å². The molecule has 0 aliphatic carbocycles. The maximum atomic E-state index is 12.0. The monoisotopic (exact) mass is 282 g/mol. The Morgan fingerprint density at radius 3 is 2.55 bits per heavy atom. The van der Waals surface area contributed by atoms with Gasteiger partial charge in [-0.05, 0) is 53.2 Å². The van der Waals surface area contributed by atoms with E-state index in [1.165, 1.54) is 0 Å². The van der Waals surface area contributed by atoms with Crippen molar-refractivity contribution in [2.45, 2.75) is 45.6 Å². The molecule has 20 heavy (non-hydrogen) atoms. The van der Waals surface area contributed by atoms with E-state index in [-0.39, 0.29) is 5.91 Å². The molecule has 0 aromatic heterocycles. The molecule has 4 heteroatoms. The zero-order valence-corrected chi connectivity index (χ0v) is 13.5. The van der Waals surface area contributed by atoms with Crippen LogP contribution in [-0.4, -0.2) is 62.1 Å². The molecule has 0 unspecified atom stereocenters. The summed E-state index contributed by atoms with van der Waals surface area (Å²) in [5.74, 6) is 0.162. The molecular formula is C16H30N2O2. The number of amides is 1. The van der Waals surface area contributed by atoms with Gasteiger partial charge in [0.15, 0.2) is 0 Å². The highest BCUT2D eigenvalue weighted by atomic mass is 16.5. The summed E-state index contributed by atoms with van der Waals surface area (Å²) in [7, 11) is 4.16. The summed E-state index contributed by atoms with van der Waals surface area (Å²) in [4.78, 5) is 16.1. The van der Waals surface area contributed by atoms with Crippen LogP contribution >= 0.6 is 0 Å². The fraction of sp³-hybridized carbons (Fsp3) is 0.812. The topological polar surface area (TPSA) is 32.8 Å². The van der Waals surface area contributed by atoms with Gasteiger partial charge >= 0.3 is 0 Å². The molecule has 0 radical (unpaired) electrons. The Bertz CT molecular complexity index is 318. The Labute approximate surface area is 123 Å². The van der Waals surface area contributed by atoms with Crippen molar-refractivity contribution in [2.75, 3.05) is 40.3 Å². The third-order valence-electron chi connectivity index (χ3n) is 3.78. The van der Waals surface area contributed by atoms with Crippen LogP contribution in [0.2, 0.25) is 0 Å². The fourth-order valence-corrected chi connectivity index (χ4v) is 2.28. The second-order valence-electron chi connectivity index (χ2n) is 5.90. The van der Waals surface area contributed by atoms with Crippen molar-refractivity contribution in [2.24, 2.45) is 0 Å². The molecule has 1 amide bonds. The molecule has 1 saturated heterocycles. The van der Waals surface area contributed by atoms with Gasteiger partial charge in [0.2, 0.25) is 5.91 Å². The van der Waals surface area contributed by atoms with Gasteiger partial charge in [0, 0.05) is 25.8 Å². The van der Waals surface area contributed by atoms with Crippen LogP contribution in [-0.2, 0) is 9.53 Å². The Morgan fingerprint density at radius 2 is 2.00 bits per heavy atom. The van der Waals surface area contributed by atoms with E-state index >= 15 is 0 Å². The van der Waals surface area contributed by atoms with E-state index in [1.54, 1.807) is 6.08 Å². The Kier molecular flexibility index (Phi) is 7.85. The highest BCUT2D eigenvalue weighted by molar-refractivity contribution is 5.88. The minimum Gasteiger partial charge on any atom is -0.378 e. The quantitative estimate of drug-likeness (QED) is 0.530. The lowest BCUT2D eigenvalue weighted by atomic mass is 10.1. The van der Waals surface area contributed by atoms with Crippen molar-refractivity contribution < 1.29 is 9.53 Å². The highest BCUT2D eigenvalue weighted by Gasteiger charge is 2.21. The normalized spacial score (nSPS) is 17.9. The number of carbonyl (C=O) groups excluding carboxylic acids is 1. The first-order valence-electron chi connectivity index (χ1n) is 7.75. The summed E-state index contributed by atoms with van der Waals surface area (Å²) in [5, 5.41) is 0. The van der Waals surface area contributed by atoms with Crippen LogP contribution in [0.3, 0.4) is 0 Å². The highest BCUT2D eigenvalue weighted by Crippen LogP contribution is 2.15. The first-order chi connectivity index (χ1) is 9.52. The average Bonchev–Trinajstić information content (AvgIpc) is 2.43. The Hall–Kier alpha value is -0.870. The molecular weight excluding hydrogens is 252 g/mol. The molecule has 116 valence electrons. The van der Waals surface area contributed by atoms with Crippen molar-refractivity contribution >= 4 is 5.91 Å². The number of ether oxygens (including phenoxy) is 1. The molecule has 0 aromatic rings. The molecule has 0 atom stereocenters. The number of nitrogens with zero attached hydrogens (tertiary/aromatic N) is 2. The molecule has 0 N–H and O–H groups in total. The van der Waals surface area contributed by atoms with E-state index in [2.05, 4.69) is 25.9 Å². The maximum absolute atomic E-state index is 12.0. The number of carbonyl (C=O) groups is 1. The van der Waals surface area contributed by atoms with Crippen LogP contribution in [0.25, 0.3) is 0 Å². The van der Waals surface area contributed by atoms with Gasteiger partial charge in [0.1, 0.15) is 0 Å². The second-order valence-corrected chi connectivity index (χ2v) is 5.90. The maximum Gasteiger partial charge on any atom is 0.246 e. The Morgan fingerprint density at radius 1 is 1.35 bits per heavy atom. The molecule has 0 bridgehead atoms. The van der Waals surface area contributed by atoms with Gasteiger partial charge in [-0.15, -0.1) is 0 Å². The van der Waals surface area contributed by atoms with E-state index < -0.39 is 0 Å². The molecule has 4 nitrogen and oxygen atoms in total. The van der Waals surface area contributed by atoms with Crippen molar-refractivity contribution in [3.63, 3.8) is 0 Å². The van der Waals surface area contributed by atoms with Crippen LogP contribution in [0.1, 0.15) is 39.5 Å². The van der Waals surface area contributed by atoms with Gasteiger partial charge in [-0.1, -0.05) is 12.5 Å². The van der Waals surface area contributed by atoms with Crippen LogP contribution in [0.15, 0.2) is 11.6 Å². The smallest absolute Gasteiger partial charge is 0.246 e. The third-order valence-corrected chi connectivity index (χ3v) is 3.78. The zero-order chi connectivity index (χ0) is 15.0. The standard InChI is InChI=1S/C16H30N2O2/c1-5-14(2)13-16(19)18-10-7-15(8-11-18)20-12-6-9-17(3)4/h13,15H,5-12H2,1-4H3/b14-13-. The van der Waals surface area contributed by atoms with Gasteiger partial charge in [-0.25, -0.2) is 0 Å². The number of hydrogen-bond donors (Lipinski definition) is 0. The summed E-state index contributed by atoms with van der Waals surface area (Å²) in [6.45, 7) is 7.63. The summed E-state index contributed by atoms with van der Waals surface area (Å²) in [6.07, 6.45) is 6.05. The molecule has 1 heterocycles. The molecule has 0 spiro atoms. The largest absolute Gasteiger partial charge is 0.378 e. The molecule has 1 aliphatic heterocycles. The number of likely N-dealkylation sites (tertiary alicyclic amines) is 1. The zero-order valence-electron chi connectivity index (χ0n) is 13.5. The van der Waals surface area contributed by atoms with Crippen LogP contribution in [0.4, 0.5) is 0 Å². The molecule has 1 aliphatic rings. The van der Waals surface area contributed by atoms with E-state index in [4.69, 9.17) is 4.74 Å². The molecule has 0 saturated carbocycles. The van der Waals surface area contributed by atoms with Gasteiger partial charge < -0.3 is 14.5 Å². The SMILES string of the molecule is CC/C(C)=C\C(=O)N1CCC(OCCCN(C)C)CC1. The second kappa shape index (κ2) is 9.14. The molecule has 1 rings (SSSR count). The number of hydrogen-bond acceptors (Lipinski definition) is 3. The first-order valence-corrected chi connectivity index (χ1v) is 7.75. The number of allylic oxidation sites excluding steroid dienone is 1. The number of rotatable bonds is 7. The van der Waals surface area contributed by atoms with Crippen molar-refractivity contribution in [3.8, 4) is 0 Å². The van der Waals surface area contributed by atoms with Gasteiger partial charge in [-0.3, -0.25) is 4.79 Å². The first kappa shape index (κ1) is 17.2. The van der Waals surface area contributed by atoms with Gasteiger partial charge in [0.05, 0.1) is 6.10 Å².